The van der Waals surface area contributed by atoms with Crippen molar-refractivity contribution in [2.75, 3.05) is 5.32 Å². The summed E-state index contributed by atoms with van der Waals surface area (Å²) in [6.07, 6.45) is 24.8. The standard InChI is InChI=1S/C31H35IN2O2.C11H7N.C7H5IO2.C7H12O.C6H13N/c32-28-18-10-9-17-27(28)31(36)34(26-15-5-2-6-16-26)29(23-12-3-1-4-13-23)30(35)33-25-20-19-22-11-7-8-14-24(22)21-25;1-12-11-7-6-9-4-2-3-5-10(9)8-11;8-6-4-2-1-3-5(6)7(9)10;8-6-7-4-2-1-3-5-7;7-6-4-2-1-3-5-6/h7-11,14,17-21,23,26,29H,1-6,12-13,15-16H2,(H,33,35);2-8H;1-4H,(H,9,10);6-7H,1-5H2;6H,1-5,7H2. The van der Waals surface area contributed by atoms with Crippen LogP contribution in [0.25, 0.3) is 26.4 Å². The van der Waals surface area contributed by atoms with E-state index in [1.807, 2.05) is 125 Å². The molecule has 4 saturated carbocycles. The van der Waals surface area contributed by atoms with Crippen LogP contribution in [-0.2, 0) is 9.59 Å². The van der Waals surface area contributed by atoms with E-state index in [-0.39, 0.29) is 23.8 Å². The summed E-state index contributed by atoms with van der Waals surface area (Å²) < 4.78 is 1.71. The van der Waals surface area contributed by atoms with Crippen molar-refractivity contribution in [2.24, 2.45) is 17.6 Å². The van der Waals surface area contributed by atoms with Crippen molar-refractivity contribution in [3.63, 3.8) is 0 Å². The molecule has 0 bridgehead atoms. The zero-order valence-corrected chi connectivity index (χ0v) is 46.4. The van der Waals surface area contributed by atoms with Gasteiger partial charge in [0.25, 0.3) is 5.91 Å². The van der Waals surface area contributed by atoms with E-state index in [1.165, 1.54) is 69.6 Å². The van der Waals surface area contributed by atoms with Crippen LogP contribution in [0.2, 0.25) is 0 Å². The molecule has 0 spiro atoms. The molecule has 9 nitrogen and oxygen atoms in total. The third-order valence-corrected chi connectivity index (χ3v) is 16.3. The van der Waals surface area contributed by atoms with Crippen molar-refractivity contribution >= 4 is 102 Å². The maximum atomic E-state index is 14.2. The molecule has 0 heterocycles. The predicted molar refractivity (Wildman–Crippen MR) is 315 cm³/mol. The van der Waals surface area contributed by atoms with Gasteiger partial charge in [-0.05, 0) is 166 Å². The van der Waals surface area contributed by atoms with E-state index >= 15 is 0 Å². The predicted octanol–water partition coefficient (Wildman–Crippen LogP) is 16.2. The number of carboxylic acid groups (broad SMARTS) is 1. The number of aldehydes is 1. The fourth-order valence-electron chi connectivity index (χ4n) is 10.4. The first-order valence-corrected chi connectivity index (χ1v) is 28.6. The van der Waals surface area contributed by atoms with E-state index in [4.69, 9.17) is 17.4 Å². The number of carbonyl (C=O) groups excluding carboxylic acids is 3. The zero-order chi connectivity index (χ0) is 51.8. The number of hydrogen-bond donors (Lipinski definition) is 3. The molecule has 4 aliphatic rings. The van der Waals surface area contributed by atoms with Gasteiger partial charge in [0.1, 0.15) is 12.3 Å². The van der Waals surface area contributed by atoms with Gasteiger partial charge >= 0.3 is 5.97 Å². The Kier molecular flexibility index (Phi) is 24.2. The summed E-state index contributed by atoms with van der Waals surface area (Å²) in [5, 5.41) is 16.4. The monoisotopic (exact) mass is 1210 g/mol. The number of hydrogen-bond acceptors (Lipinski definition) is 5. The molecule has 0 aromatic heterocycles. The molecule has 1 atom stereocenters. The first-order valence-electron chi connectivity index (χ1n) is 26.5. The van der Waals surface area contributed by atoms with Gasteiger partial charge in [0.05, 0.1) is 17.7 Å². The van der Waals surface area contributed by atoms with Crippen LogP contribution in [-0.4, -0.2) is 52.2 Å². The van der Waals surface area contributed by atoms with E-state index in [0.29, 0.717) is 28.8 Å². The van der Waals surface area contributed by atoms with Crippen molar-refractivity contribution in [3.8, 4) is 0 Å². The Balaban J connectivity index is 0.000000187. The number of carboxylic acids is 1. The van der Waals surface area contributed by atoms with Gasteiger partial charge in [-0.3, -0.25) is 9.59 Å². The molecule has 10 rings (SSSR count). The minimum atomic E-state index is -0.870. The van der Waals surface area contributed by atoms with Crippen LogP contribution in [0.3, 0.4) is 0 Å². The normalized spacial score (nSPS) is 16.7. The van der Waals surface area contributed by atoms with Gasteiger partial charge < -0.3 is 25.9 Å². The van der Waals surface area contributed by atoms with E-state index in [1.54, 1.807) is 18.2 Å². The summed E-state index contributed by atoms with van der Waals surface area (Å²) in [5.41, 5.74) is 8.21. The summed E-state index contributed by atoms with van der Waals surface area (Å²) in [6, 6.07) is 42.9. The number of benzene rings is 6. The van der Waals surface area contributed by atoms with Crippen molar-refractivity contribution < 1.29 is 24.3 Å². The van der Waals surface area contributed by atoms with Gasteiger partial charge in [-0.2, -0.15) is 0 Å². The Labute approximate surface area is 460 Å². The fraction of sp³-hybridized carbons (Fsp3) is 0.403. The molecule has 0 saturated heterocycles. The number of nitrogens with two attached hydrogens (primary N) is 1. The van der Waals surface area contributed by atoms with Crippen LogP contribution >= 0.6 is 45.2 Å². The minimum Gasteiger partial charge on any atom is -0.478 e. The zero-order valence-electron chi connectivity index (χ0n) is 42.1. The minimum absolute atomic E-state index is 0.0103. The van der Waals surface area contributed by atoms with E-state index < -0.39 is 12.0 Å². The number of amides is 2. The van der Waals surface area contributed by atoms with Crippen molar-refractivity contribution in [1.29, 1.82) is 0 Å². The van der Waals surface area contributed by atoms with Crippen LogP contribution in [0.1, 0.15) is 149 Å². The molecule has 0 aliphatic heterocycles. The first kappa shape index (κ1) is 57.1. The lowest BCUT2D eigenvalue weighted by Gasteiger charge is -2.43. The Bertz CT molecular complexity index is 2730. The highest BCUT2D eigenvalue weighted by molar-refractivity contribution is 14.1. The van der Waals surface area contributed by atoms with Crippen LogP contribution in [0.15, 0.2) is 133 Å². The highest BCUT2D eigenvalue weighted by Crippen LogP contribution is 2.36. The molecular weight excluding hydrogens is 1130 g/mol. The Hall–Kier alpha value is -5.17. The van der Waals surface area contributed by atoms with Crippen molar-refractivity contribution in [2.45, 2.75) is 147 Å². The van der Waals surface area contributed by atoms with E-state index in [2.05, 4.69) is 51.0 Å². The number of fused-ring (bicyclic) bond motifs is 2. The van der Waals surface area contributed by atoms with Gasteiger partial charge in [0.2, 0.25) is 5.91 Å². The number of nitrogens with zero attached hydrogens (tertiary/aromatic N) is 2. The topological polar surface area (TPSA) is 134 Å². The fourth-order valence-corrected chi connectivity index (χ4v) is 11.7. The van der Waals surface area contributed by atoms with Crippen LogP contribution in [0, 0.1) is 25.5 Å². The second-order valence-electron chi connectivity index (χ2n) is 19.7. The molecule has 0 radical (unpaired) electrons. The molecule has 73 heavy (non-hydrogen) atoms. The van der Waals surface area contributed by atoms with Crippen LogP contribution < -0.4 is 11.1 Å². The largest absolute Gasteiger partial charge is 0.478 e. The van der Waals surface area contributed by atoms with Gasteiger partial charge in [-0.1, -0.05) is 168 Å². The number of rotatable bonds is 8. The molecular formula is C62H72I2N4O5. The van der Waals surface area contributed by atoms with Crippen LogP contribution in [0.5, 0.6) is 0 Å². The highest BCUT2D eigenvalue weighted by Gasteiger charge is 2.41. The van der Waals surface area contributed by atoms with E-state index in [0.717, 1.165) is 99.5 Å². The number of aromatic carboxylic acids is 1. The Morgan fingerprint density at radius 3 is 1.53 bits per heavy atom. The maximum absolute atomic E-state index is 14.2. The third kappa shape index (κ3) is 18.0. The van der Waals surface area contributed by atoms with Gasteiger partial charge in [0.15, 0.2) is 5.69 Å². The number of halogens is 2. The SMILES string of the molecule is NC1CCCCC1.O=C(Nc1ccc2ccccc2c1)C(C1CCCCC1)N(C(=O)c1ccccc1I)C1CCCCC1.O=C(O)c1ccccc1I.O=CC1CCCCC1.[C-]#[N+]c1ccc2ccccc2c1. The molecule has 4 fully saturated rings. The summed E-state index contributed by atoms with van der Waals surface area (Å²) in [7, 11) is 0. The molecule has 384 valence electrons. The molecule has 4 aliphatic carbocycles. The molecule has 1 unspecified atom stereocenters. The third-order valence-electron chi connectivity index (χ3n) is 14.4. The number of anilines is 1. The lowest BCUT2D eigenvalue weighted by atomic mass is 9.81. The summed E-state index contributed by atoms with van der Waals surface area (Å²) in [6.45, 7) is 6.84. The van der Waals surface area contributed by atoms with E-state index in [9.17, 15) is 19.2 Å². The Morgan fingerprint density at radius 2 is 1.05 bits per heavy atom. The highest BCUT2D eigenvalue weighted by atomic mass is 127. The second-order valence-corrected chi connectivity index (χ2v) is 22.1. The summed E-state index contributed by atoms with van der Waals surface area (Å²) >= 11 is 4.25. The van der Waals surface area contributed by atoms with Crippen molar-refractivity contribution in [1.82, 2.24) is 4.90 Å². The number of carbonyl (C=O) groups is 4. The van der Waals surface area contributed by atoms with Gasteiger partial charge in [-0.15, -0.1) is 0 Å². The molecule has 6 aromatic carbocycles. The average Bonchev–Trinajstić information content (AvgIpc) is 3.43. The summed E-state index contributed by atoms with van der Waals surface area (Å²) in [4.78, 5) is 54.3. The van der Waals surface area contributed by atoms with Crippen molar-refractivity contribution in [3.05, 3.63) is 163 Å². The first-order chi connectivity index (χ1) is 35.6. The molecule has 6 aromatic rings. The molecule has 4 N–H and O–H groups in total. The lowest BCUT2D eigenvalue weighted by molar-refractivity contribution is -0.124. The lowest BCUT2D eigenvalue weighted by Crippen LogP contribution is -2.56. The Morgan fingerprint density at radius 1 is 0.589 bits per heavy atom. The quantitative estimate of drug-likeness (QED) is 0.0789. The summed E-state index contributed by atoms with van der Waals surface area (Å²) in [5.74, 6) is -0.307. The maximum Gasteiger partial charge on any atom is 0.336 e. The van der Waals surface area contributed by atoms with Crippen LogP contribution in [0.4, 0.5) is 11.4 Å². The smallest absolute Gasteiger partial charge is 0.336 e. The molecule has 2 amide bonds. The van der Waals surface area contributed by atoms with Gasteiger partial charge in [-0.25, -0.2) is 9.64 Å². The second kappa shape index (κ2) is 30.9. The van der Waals surface area contributed by atoms with Gasteiger partial charge in [0, 0.05) is 30.8 Å². The number of nitrogens with one attached hydrogen (secondary N) is 1. The molecule has 11 heteroatoms. The average molecular weight is 1210 g/mol.